The second kappa shape index (κ2) is 5.79. The predicted molar refractivity (Wildman–Crippen MR) is 91.0 cm³/mol. The van der Waals surface area contributed by atoms with Crippen molar-refractivity contribution in [3.05, 3.63) is 45.9 Å². The number of imidazole rings is 1. The van der Waals surface area contributed by atoms with Crippen LogP contribution in [0.15, 0.2) is 29.0 Å². The van der Waals surface area contributed by atoms with E-state index >= 15 is 0 Å². The lowest BCUT2D eigenvalue weighted by Gasteiger charge is -2.04. The molecule has 1 fully saturated rings. The number of fused-ring (bicyclic) bond motifs is 1. The van der Waals surface area contributed by atoms with Crippen LogP contribution >= 0.6 is 11.3 Å². The van der Waals surface area contributed by atoms with E-state index in [4.69, 9.17) is 4.74 Å². The highest BCUT2D eigenvalue weighted by Gasteiger charge is 2.21. The van der Waals surface area contributed by atoms with Gasteiger partial charge in [0.1, 0.15) is 11.9 Å². The lowest BCUT2D eigenvalue weighted by Crippen LogP contribution is -2.11. The Labute approximate surface area is 137 Å². The zero-order valence-electron chi connectivity index (χ0n) is 12.8. The van der Waals surface area contributed by atoms with Gasteiger partial charge in [-0.3, -0.25) is 4.79 Å². The second-order valence-electron chi connectivity index (χ2n) is 5.78. The lowest BCUT2D eigenvalue weighted by atomic mass is 10.2. The number of aromatic nitrogens is 2. The van der Waals surface area contributed by atoms with Crippen molar-refractivity contribution >= 4 is 34.0 Å². The van der Waals surface area contributed by atoms with Gasteiger partial charge in [-0.25, -0.2) is 4.98 Å². The summed E-state index contributed by atoms with van der Waals surface area (Å²) in [6.07, 6.45) is 2.14. The molecule has 118 valence electrons. The molecule has 0 saturated carbocycles. The highest BCUT2D eigenvalue weighted by Crippen LogP contribution is 2.28. The number of ether oxygens (including phenoxy) is 1. The van der Waals surface area contributed by atoms with E-state index in [1.165, 1.54) is 11.3 Å². The first-order chi connectivity index (χ1) is 11.2. The van der Waals surface area contributed by atoms with E-state index in [2.05, 4.69) is 15.3 Å². The van der Waals surface area contributed by atoms with Crippen molar-refractivity contribution in [3.8, 4) is 0 Å². The molecule has 3 heterocycles. The molecule has 23 heavy (non-hydrogen) atoms. The second-order valence-corrected chi connectivity index (χ2v) is 6.52. The number of hydrogen-bond donors (Lipinski definition) is 2. The van der Waals surface area contributed by atoms with E-state index in [0.717, 1.165) is 53.1 Å². The Morgan fingerprint density at radius 2 is 2.35 bits per heavy atom. The summed E-state index contributed by atoms with van der Waals surface area (Å²) in [4.78, 5) is 20.2. The fourth-order valence-electron chi connectivity index (χ4n) is 2.84. The molecule has 3 aromatic rings. The normalized spacial score (nSPS) is 17.7. The number of carbonyl (C=O) groups excluding carboxylic acids is 1. The van der Waals surface area contributed by atoms with Gasteiger partial charge in [-0.2, -0.15) is 11.3 Å². The Balaban J connectivity index is 1.58. The monoisotopic (exact) mass is 327 g/mol. The Bertz CT molecular complexity index is 862. The van der Waals surface area contributed by atoms with Crippen molar-refractivity contribution in [2.24, 2.45) is 0 Å². The van der Waals surface area contributed by atoms with E-state index < -0.39 is 0 Å². The van der Waals surface area contributed by atoms with Crippen molar-refractivity contribution in [3.63, 3.8) is 0 Å². The van der Waals surface area contributed by atoms with Gasteiger partial charge in [0.2, 0.25) is 0 Å². The van der Waals surface area contributed by atoms with Crippen LogP contribution in [0.3, 0.4) is 0 Å². The number of benzene rings is 1. The lowest BCUT2D eigenvalue weighted by molar-refractivity contribution is 0.102. The van der Waals surface area contributed by atoms with Crippen LogP contribution in [0.25, 0.3) is 11.0 Å². The summed E-state index contributed by atoms with van der Waals surface area (Å²) in [7, 11) is 0. The summed E-state index contributed by atoms with van der Waals surface area (Å²) < 4.78 is 5.66. The predicted octanol–water partition coefficient (Wildman–Crippen LogP) is 4.04. The molecule has 0 spiro atoms. The molecular formula is C17H17N3O2S. The Kier molecular flexibility index (Phi) is 3.63. The molecule has 2 N–H and O–H groups in total. The molecule has 6 heteroatoms. The molecule has 1 saturated heterocycles. The number of aryl methyl sites for hydroxylation is 1. The number of H-pyrrole nitrogens is 1. The summed E-state index contributed by atoms with van der Waals surface area (Å²) in [6.45, 7) is 2.74. The minimum atomic E-state index is -0.0815. The maximum atomic E-state index is 12.3. The SMILES string of the molecule is Cc1cscc1C(=O)Nc1ccc2nc(C3CCCO3)[nH]c2c1. The van der Waals surface area contributed by atoms with Crippen LogP contribution < -0.4 is 5.32 Å². The molecular weight excluding hydrogens is 310 g/mol. The van der Waals surface area contributed by atoms with Crippen LogP contribution in [0.2, 0.25) is 0 Å². The van der Waals surface area contributed by atoms with Gasteiger partial charge >= 0.3 is 0 Å². The van der Waals surface area contributed by atoms with Crippen molar-refractivity contribution in [1.82, 2.24) is 9.97 Å². The van der Waals surface area contributed by atoms with E-state index in [0.29, 0.717) is 0 Å². The molecule has 0 bridgehead atoms. The number of amides is 1. The quantitative estimate of drug-likeness (QED) is 0.763. The standard InChI is InChI=1S/C17H17N3O2S/c1-10-8-23-9-12(10)17(21)18-11-4-5-13-14(7-11)20-16(19-13)15-3-2-6-22-15/h4-5,7-9,15H,2-3,6H2,1H3,(H,18,21)(H,19,20). The molecule has 1 amide bonds. The van der Waals surface area contributed by atoms with Gasteiger partial charge in [-0.1, -0.05) is 0 Å². The average molecular weight is 327 g/mol. The zero-order chi connectivity index (χ0) is 15.8. The van der Waals surface area contributed by atoms with Crippen molar-refractivity contribution < 1.29 is 9.53 Å². The van der Waals surface area contributed by atoms with Crippen LogP contribution in [0, 0.1) is 6.92 Å². The van der Waals surface area contributed by atoms with E-state index in [9.17, 15) is 4.79 Å². The third-order valence-corrected chi connectivity index (χ3v) is 4.95. The fourth-order valence-corrected chi connectivity index (χ4v) is 3.67. The van der Waals surface area contributed by atoms with E-state index in [-0.39, 0.29) is 12.0 Å². The number of anilines is 1. The first-order valence-corrected chi connectivity index (χ1v) is 8.60. The first kappa shape index (κ1) is 14.4. The molecule has 2 aromatic heterocycles. The van der Waals surface area contributed by atoms with Crippen LogP contribution in [-0.2, 0) is 4.74 Å². The van der Waals surface area contributed by atoms with Crippen LogP contribution in [0.1, 0.15) is 40.7 Å². The average Bonchev–Trinajstić information content (AvgIpc) is 3.26. The van der Waals surface area contributed by atoms with Gasteiger partial charge in [-0.05, 0) is 48.9 Å². The van der Waals surface area contributed by atoms with Crippen LogP contribution in [0.5, 0.6) is 0 Å². The van der Waals surface area contributed by atoms with Crippen LogP contribution in [0.4, 0.5) is 5.69 Å². The maximum Gasteiger partial charge on any atom is 0.256 e. The van der Waals surface area contributed by atoms with Gasteiger partial charge in [0.25, 0.3) is 5.91 Å². The van der Waals surface area contributed by atoms with Gasteiger partial charge in [0.15, 0.2) is 0 Å². The Hall–Kier alpha value is -2.18. The number of thiophene rings is 1. The van der Waals surface area contributed by atoms with Crippen LogP contribution in [-0.4, -0.2) is 22.5 Å². The highest BCUT2D eigenvalue weighted by molar-refractivity contribution is 7.08. The minimum Gasteiger partial charge on any atom is -0.370 e. The molecule has 1 atom stereocenters. The fraction of sp³-hybridized carbons (Fsp3) is 0.294. The summed E-state index contributed by atoms with van der Waals surface area (Å²) in [5.74, 6) is 0.789. The van der Waals surface area contributed by atoms with Gasteiger partial charge in [0.05, 0.1) is 16.6 Å². The summed E-state index contributed by atoms with van der Waals surface area (Å²) in [5.41, 5.74) is 4.28. The molecule has 1 aliphatic heterocycles. The number of rotatable bonds is 3. The molecule has 1 aromatic carbocycles. The third kappa shape index (κ3) is 2.75. The summed E-state index contributed by atoms with van der Waals surface area (Å²) in [5, 5.41) is 6.79. The summed E-state index contributed by atoms with van der Waals surface area (Å²) >= 11 is 1.53. The number of carbonyl (C=O) groups is 1. The maximum absolute atomic E-state index is 12.3. The number of aromatic amines is 1. The third-order valence-electron chi connectivity index (χ3n) is 4.09. The minimum absolute atomic E-state index is 0.0638. The highest BCUT2D eigenvalue weighted by atomic mass is 32.1. The number of nitrogens with one attached hydrogen (secondary N) is 2. The van der Waals surface area contributed by atoms with Crippen molar-refractivity contribution in [2.75, 3.05) is 11.9 Å². The number of hydrogen-bond acceptors (Lipinski definition) is 4. The molecule has 1 unspecified atom stereocenters. The van der Waals surface area contributed by atoms with E-state index in [1.54, 1.807) is 0 Å². The summed E-state index contributed by atoms with van der Waals surface area (Å²) in [6, 6.07) is 5.71. The Morgan fingerprint density at radius 3 is 3.09 bits per heavy atom. The van der Waals surface area contributed by atoms with Gasteiger partial charge in [-0.15, -0.1) is 0 Å². The van der Waals surface area contributed by atoms with Gasteiger partial charge in [0, 0.05) is 17.7 Å². The van der Waals surface area contributed by atoms with Crippen molar-refractivity contribution in [2.45, 2.75) is 25.9 Å². The van der Waals surface area contributed by atoms with Gasteiger partial charge < -0.3 is 15.0 Å². The molecule has 0 aliphatic carbocycles. The van der Waals surface area contributed by atoms with Crippen molar-refractivity contribution in [1.29, 1.82) is 0 Å². The topological polar surface area (TPSA) is 67.0 Å². The molecule has 1 aliphatic rings. The largest absolute Gasteiger partial charge is 0.370 e. The molecule has 5 nitrogen and oxygen atoms in total. The first-order valence-electron chi connectivity index (χ1n) is 7.66. The number of nitrogens with zero attached hydrogens (tertiary/aromatic N) is 1. The molecule has 4 rings (SSSR count). The smallest absolute Gasteiger partial charge is 0.256 e. The molecule has 0 radical (unpaired) electrons. The zero-order valence-corrected chi connectivity index (χ0v) is 13.6. The van der Waals surface area contributed by atoms with E-state index in [1.807, 2.05) is 35.9 Å². The Morgan fingerprint density at radius 1 is 1.43 bits per heavy atom.